The number of nitrogens with two attached hydrogens (primary N) is 1. The van der Waals surface area contributed by atoms with Crippen LogP contribution in [0.5, 0.6) is 0 Å². The molecule has 3 nitrogen and oxygen atoms in total. The van der Waals surface area contributed by atoms with Crippen LogP contribution in [0.4, 0.5) is 5.69 Å². The van der Waals surface area contributed by atoms with Crippen molar-refractivity contribution in [3.8, 4) is 0 Å². The standard InChI is InChI=1S/C15H17ClN2OS/c1-8-6-9(2)18(7-8)15(19)14-13(17)12-10(16)4-3-5-11(12)20-14/h3-5,8-9H,6-7,17H2,1-2H3. The highest BCUT2D eigenvalue weighted by atomic mass is 35.5. The summed E-state index contributed by atoms with van der Waals surface area (Å²) in [7, 11) is 0. The molecule has 0 aliphatic carbocycles. The number of carbonyl (C=O) groups is 1. The summed E-state index contributed by atoms with van der Waals surface area (Å²) >= 11 is 7.63. The first-order valence-corrected chi connectivity index (χ1v) is 7.96. The van der Waals surface area contributed by atoms with E-state index in [4.69, 9.17) is 17.3 Å². The number of anilines is 1. The molecular weight excluding hydrogens is 292 g/mol. The SMILES string of the molecule is CC1CC(C)N(C(=O)c2sc3cccc(Cl)c3c2N)C1. The third-order valence-corrected chi connectivity index (χ3v) is 5.41. The minimum absolute atomic E-state index is 0.0385. The molecule has 20 heavy (non-hydrogen) atoms. The van der Waals surface area contributed by atoms with E-state index in [1.54, 1.807) is 0 Å². The number of thiophene rings is 1. The number of halogens is 1. The second-order valence-corrected chi connectivity index (χ2v) is 7.06. The highest BCUT2D eigenvalue weighted by molar-refractivity contribution is 7.21. The van der Waals surface area contributed by atoms with Crippen molar-refractivity contribution in [1.82, 2.24) is 4.90 Å². The Morgan fingerprint density at radius 2 is 2.20 bits per heavy atom. The van der Waals surface area contributed by atoms with Crippen LogP contribution in [0.25, 0.3) is 10.1 Å². The number of rotatable bonds is 1. The highest BCUT2D eigenvalue weighted by Gasteiger charge is 2.32. The van der Waals surface area contributed by atoms with Crippen LogP contribution in [0.1, 0.15) is 29.9 Å². The van der Waals surface area contributed by atoms with Gasteiger partial charge in [-0.25, -0.2) is 0 Å². The van der Waals surface area contributed by atoms with Crippen molar-refractivity contribution in [2.24, 2.45) is 5.92 Å². The van der Waals surface area contributed by atoms with Gasteiger partial charge >= 0.3 is 0 Å². The molecule has 0 radical (unpaired) electrons. The maximum Gasteiger partial charge on any atom is 0.266 e. The summed E-state index contributed by atoms with van der Waals surface area (Å²) in [4.78, 5) is 15.3. The molecule has 2 atom stereocenters. The molecule has 2 aromatic rings. The zero-order valence-corrected chi connectivity index (χ0v) is 13.1. The number of fused-ring (bicyclic) bond motifs is 1. The number of hydrogen-bond acceptors (Lipinski definition) is 3. The molecule has 1 amide bonds. The Balaban J connectivity index is 2.04. The van der Waals surface area contributed by atoms with Crippen LogP contribution >= 0.6 is 22.9 Å². The summed E-state index contributed by atoms with van der Waals surface area (Å²) < 4.78 is 0.971. The molecule has 1 aromatic carbocycles. The third kappa shape index (κ3) is 2.07. The first-order valence-electron chi connectivity index (χ1n) is 6.76. The number of nitrogen functional groups attached to an aromatic ring is 1. The van der Waals surface area contributed by atoms with E-state index in [1.807, 2.05) is 23.1 Å². The van der Waals surface area contributed by atoms with E-state index >= 15 is 0 Å². The van der Waals surface area contributed by atoms with Crippen molar-refractivity contribution in [2.75, 3.05) is 12.3 Å². The molecule has 1 aliphatic heterocycles. The Morgan fingerprint density at radius 3 is 2.80 bits per heavy atom. The zero-order valence-electron chi connectivity index (χ0n) is 11.5. The van der Waals surface area contributed by atoms with Crippen molar-refractivity contribution in [3.05, 3.63) is 28.1 Å². The smallest absolute Gasteiger partial charge is 0.266 e. The fraction of sp³-hybridized carbons (Fsp3) is 0.400. The average molecular weight is 309 g/mol. The summed E-state index contributed by atoms with van der Waals surface area (Å²) in [5.41, 5.74) is 6.69. The van der Waals surface area contributed by atoms with E-state index in [0.717, 1.165) is 23.1 Å². The van der Waals surface area contributed by atoms with Crippen LogP contribution in [-0.4, -0.2) is 23.4 Å². The predicted molar refractivity (Wildman–Crippen MR) is 85.5 cm³/mol. The Labute approximate surface area is 127 Å². The minimum Gasteiger partial charge on any atom is -0.397 e. The molecule has 3 rings (SSSR count). The normalized spacial score (nSPS) is 22.6. The number of amides is 1. The summed E-state index contributed by atoms with van der Waals surface area (Å²) in [5, 5.41) is 1.42. The van der Waals surface area contributed by atoms with Crippen molar-refractivity contribution >= 4 is 44.6 Å². The van der Waals surface area contributed by atoms with E-state index in [1.165, 1.54) is 11.3 Å². The van der Waals surface area contributed by atoms with Crippen molar-refractivity contribution in [3.63, 3.8) is 0 Å². The number of hydrogen-bond donors (Lipinski definition) is 1. The average Bonchev–Trinajstić information content (AvgIpc) is 2.90. The van der Waals surface area contributed by atoms with Gasteiger partial charge in [-0.3, -0.25) is 4.79 Å². The third-order valence-electron chi connectivity index (χ3n) is 3.94. The number of likely N-dealkylation sites (tertiary alicyclic amines) is 1. The van der Waals surface area contributed by atoms with Crippen LogP contribution in [-0.2, 0) is 0 Å². The largest absolute Gasteiger partial charge is 0.397 e. The second kappa shape index (κ2) is 4.93. The van der Waals surface area contributed by atoms with Crippen LogP contribution in [0.15, 0.2) is 18.2 Å². The Bertz CT molecular complexity index is 682. The van der Waals surface area contributed by atoms with Gasteiger partial charge in [-0.15, -0.1) is 11.3 Å². The van der Waals surface area contributed by atoms with Gasteiger partial charge in [0.15, 0.2) is 0 Å². The maximum absolute atomic E-state index is 12.7. The molecule has 1 aromatic heterocycles. The summed E-state index contributed by atoms with van der Waals surface area (Å²) in [6.45, 7) is 5.08. The first kappa shape index (κ1) is 13.7. The van der Waals surface area contributed by atoms with Gasteiger partial charge < -0.3 is 10.6 Å². The lowest BCUT2D eigenvalue weighted by molar-refractivity contribution is 0.0749. The van der Waals surface area contributed by atoms with E-state index in [-0.39, 0.29) is 11.9 Å². The summed E-state index contributed by atoms with van der Waals surface area (Å²) in [6.07, 6.45) is 1.05. The number of nitrogens with zero attached hydrogens (tertiary/aromatic N) is 1. The molecule has 0 saturated carbocycles. The molecule has 1 saturated heterocycles. The summed E-state index contributed by atoms with van der Waals surface area (Å²) in [6, 6.07) is 5.92. The van der Waals surface area contributed by atoms with Gasteiger partial charge in [0.05, 0.1) is 10.7 Å². The first-order chi connectivity index (χ1) is 9.49. The summed E-state index contributed by atoms with van der Waals surface area (Å²) in [5.74, 6) is 0.588. The number of carbonyl (C=O) groups excluding carboxylic acids is 1. The van der Waals surface area contributed by atoms with E-state index in [2.05, 4.69) is 13.8 Å². The lowest BCUT2D eigenvalue weighted by atomic mass is 10.1. The molecule has 106 valence electrons. The molecule has 0 bridgehead atoms. The van der Waals surface area contributed by atoms with Crippen LogP contribution < -0.4 is 5.73 Å². The topological polar surface area (TPSA) is 46.3 Å². The molecule has 1 aliphatic rings. The molecule has 2 heterocycles. The minimum atomic E-state index is 0.0385. The molecule has 5 heteroatoms. The van der Waals surface area contributed by atoms with Crippen LogP contribution in [0.2, 0.25) is 5.02 Å². The maximum atomic E-state index is 12.7. The highest BCUT2D eigenvalue weighted by Crippen LogP contribution is 2.39. The lowest BCUT2D eigenvalue weighted by Gasteiger charge is -2.20. The van der Waals surface area contributed by atoms with Gasteiger partial charge in [-0.05, 0) is 31.4 Å². The number of benzene rings is 1. The Hall–Kier alpha value is -1.26. The van der Waals surface area contributed by atoms with Crippen LogP contribution in [0, 0.1) is 5.92 Å². The Morgan fingerprint density at radius 1 is 1.45 bits per heavy atom. The van der Waals surface area contributed by atoms with Gasteiger partial charge in [0.25, 0.3) is 5.91 Å². The van der Waals surface area contributed by atoms with Crippen LogP contribution in [0.3, 0.4) is 0 Å². The monoisotopic (exact) mass is 308 g/mol. The molecular formula is C15H17ClN2OS. The van der Waals surface area contributed by atoms with Crippen molar-refractivity contribution in [1.29, 1.82) is 0 Å². The van der Waals surface area contributed by atoms with Crippen molar-refractivity contribution in [2.45, 2.75) is 26.3 Å². The fourth-order valence-corrected chi connectivity index (χ4v) is 4.44. The Kier molecular flexibility index (Phi) is 3.38. The predicted octanol–water partition coefficient (Wildman–Crippen LogP) is 4.01. The zero-order chi connectivity index (χ0) is 14.4. The van der Waals surface area contributed by atoms with Gasteiger partial charge in [-0.2, -0.15) is 0 Å². The van der Waals surface area contributed by atoms with Gasteiger partial charge in [0, 0.05) is 22.7 Å². The molecule has 2 unspecified atom stereocenters. The molecule has 0 spiro atoms. The van der Waals surface area contributed by atoms with Crippen molar-refractivity contribution < 1.29 is 4.79 Å². The fourth-order valence-electron chi connectivity index (χ4n) is 3.00. The van der Waals surface area contributed by atoms with E-state index in [9.17, 15) is 4.79 Å². The lowest BCUT2D eigenvalue weighted by Crippen LogP contribution is -2.33. The molecule has 1 fully saturated rings. The van der Waals surface area contributed by atoms with Gasteiger partial charge in [-0.1, -0.05) is 24.6 Å². The van der Waals surface area contributed by atoms with E-state index in [0.29, 0.717) is 21.5 Å². The quantitative estimate of drug-likeness (QED) is 0.865. The van der Waals surface area contributed by atoms with Gasteiger partial charge in [0.1, 0.15) is 4.88 Å². The van der Waals surface area contributed by atoms with Gasteiger partial charge in [0.2, 0.25) is 0 Å². The molecule has 2 N–H and O–H groups in total. The second-order valence-electron chi connectivity index (χ2n) is 5.61. The van der Waals surface area contributed by atoms with E-state index < -0.39 is 0 Å².